The molecule has 0 amide bonds. The van der Waals surface area contributed by atoms with Crippen molar-refractivity contribution in [1.29, 1.82) is 0 Å². The lowest BCUT2D eigenvalue weighted by atomic mass is 9.93. The average molecular weight is 370 g/mol. The van der Waals surface area contributed by atoms with E-state index >= 15 is 0 Å². The first-order valence-electron chi connectivity index (χ1n) is 7.85. The SMILES string of the molecule is Cn1cc2c(cc1=O)CN=C(c1ccc(F)cc1Cl)c1cc(F)[c]cc1-2. The monoisotopic (exact) mass is 369 g/mol. The molecule has 0 fully saturated rings. The van der Waals surface area contributed by atoms with Crippen LogP contribution in [0.2, 0.25) is 5.02 Å². The van der Waals surface area contributed by atoms with Crippen LogP contribution in [0.4, 0.5) is 8.78 Å². The van der Waals surface area contributed by atoms with Crippen molar-refractivity contribution in [2.45, 2.75) is 6.54 Å². The minimum atomic E-state index is -0.539. The first-order valence-corrected chi connectivity index (χ1v) is 8.23. The molecule has 0 aliphatic carbocycles. The molecule has 0 saturated heterocycles. The number of aromatic nitrogens is 1. The summed E-state index contributed by atoms with van der Waals surface area (Å²) in [4.78, 5) is 16.6. The van der Waals surface area contributed by atoms with Gasteiger partial charge in [0, 0.05) is 42.1 Å². The Morgan fingerprint density at radius 2 is 1.92 bits per heavy atom. The van der Waals surface area contributed by atoms with Crippen LogP contribution in [0.5, 0.6) is 0 Å². The van der Waals surface area contributed by atoms with Crippen LogP contribution in [0, 0.1) is 17.7 Å². The fourth-order valence-corrected chi connectivity index (χ4v) is 3.34. The van der Waals surface area contributed by atoms with Crippen LogP contribution in [0.25, 0.3) is 11.1 Å². The molecule has 1 aliphatic rings. The van der Waals surface area contributed by atoms with Gasteiger partial charge in [0.1, 0.15) is 11.6 Å². The molecule has 0 spiro atoms. The maximum absolute atomic E-state index is 13.9. The lowest BCUT2D eigenvalue weighted by Gasteiger charge is -2.13. The van der Waals surface area contributed by atoms with Gasteiger partial charge in [-0.25, -0.2) is 8.78 Å². The zero-order chi connectivity index (χ0) is 18.4. The van der Waals surface area contributed by atoms with Crippen molar-refractivity contribution >= 4 is 17.3 Å². The highest BCUT2D eigenvalue weighted by molar-refractivity contribution is 6.36. The van der Waals surface area contributed by atoms with Gasteiger partial charge in [0.25, 0.3) is 5.56 Å². The van der Waals surface area contributed by atoms with Gasteiger partial charge < -0.3 is 4.57 Å². The molecule has 6 heteroatoms. The number of rotatable bonds is 1. The molecule has 26 heavy (non-hydrogen) atoms. The van der Waals surface area contributed by atoms with Crippen molar-refractivity contribution < 1.29 is 8.78 Å². The summed E-state index contributed by atoms with van der Waals surface area (Å²) in [5.41, 5.74) is 3.50. The second-order valence-corrected chi connectivity index (χ2v) is 6.47. The van der Waals surface area contributed by atoms with Crippen molar-refractivity contribution in [3.05, 3.63) is 92.4 Å². The quantitative estimate of drug-likeness (QED) is 0.635. The summed E-state index contributed by atoms with van der Waals surface area (Å²) in [6.07, 6.45) is 1.70. The molecule has 0 atom stereocenters. The highest BCUT2D eigenvalue weighted by Crippen LogP contribution is 2.33. The molecule has 1 aromatic heterocycles. The van der Waals surface area contributed by atoms with Crippen molar-refractivity contribution in [2.24, 2.45) is 12.0 Å². The zero-order valence-electron chi connectivity index (χ0n) is 13.7. The van der Waals surface area contributed by atoms with E-state index in [1.807, 2.05) is 0 Å². The molecule has 2 heterocycles. The number of hydrogen-bond donors (Lipinski definition) is 0. The van der Waals surface area contributed by atoms with E-state index in [4.69, 9.17) is 11.6 Å². The highest BCUT2D eigenvalue weighted by atomic mass is 35.5. The Balaban J connectivity index is 2.03. The molecular formula is C20H12ClF2N2O. The number of nitrogens with zero attached hydrogens (tertiary/aromatic N) is 2. The first-order chi connectivity index (χ1) is 12.4. The Kier molecular flexibility index (Phi) is 3.96. The Morgan fingerprint density at radius 3 is 2.69 bits per heavy atom. The standard InChI is InChI=1S/C20H12ClF2N2O/c1-25-10-17-11(6-19(25)26)9-24-20(15-5-3-13(23)8-18(15)21)16-7-12(22)2-4-14(16)17/h3-8,10H,9H2,1H3. The lowest BCUT2D eigenvalue weighted by molar-refractivity contribution is 0.625. The number of hydrogen-bond acceptors (Lipinski definition) is 2. The zero-order valence-corrected chi connectivity index (χ0v) is 14.4. The van der Waals surface area contributed by atoms with Gasteiger partial charge in [-0.05, 0) is 41.5 Å². The van der Waals surface area contributed by atoms with E-state index in [0.29, 0.717) is 22.4 Å². The maximum atomic E-state index is 13.9. The summed E-state index contributed by atoms with van der Waals surface area (Å²) in [5, 5.41) is 0.184. The van der Waals surface area contributed by atoms with Crippen molar-refractivity contribution in [3.8, 4) is 11.1 Å². The Bertz CT molecular complexity index is 1140. The second-order valence-electron chi connectivity index (χ2n) is 6.06. The van der Waals surface area contributed by atoms with Gasteiger partial charge in [0.15, 0.2) is 0 Å². The normalized spacial score (nSPS) is 12.8. The van der Waals surface area contributed by atoms with Crippen molar-refractivity contribution in [2.75, 3.05) is 0 Å². The molecular weight excluding hydrogens is 358 g/mol. The Labute approximate surface area is 153 Å². The van der Waals surface area contributed by atoms with Crippen LogP contribution < -0.4 is 5.56 Å². The van der Waals surface area contributed by atoms with Gasteiger partial charge in [-0.3, -0.25) is 9.79 Å². The van der Waals surface area contributed by atoms with E-state index in [1.165, 1.54) is 41.0 Å². The van der Waals surface area contributed by atoms with Gasteiger partial charge in [0.05, 0.1) is 17.3 Å². The van der Waals surface area contributed by atoms with Gasteiger partial charge >= 0.3 is 0 Å². The number of fused-ring (bicyclic) bond motifs is 3. The van der Waals surface area contributed by atoms with Crippen LogP contribution in [0.1, 0.15) is 16.7 Å². The Morgan fingerprint density at radius 1 is 1.12 bits per heavy atom. The van der Waals surface area contributed by atoms with Crippen LogP contribution in [0.3, 0.4) is 0 Å². The molecule has 1 aliphatic heterocycles. The van der Waals surface area contributed by atoms with E-state index in [9.17, 15) is 13.6 Å². The number of aryl methyl sites for hydroxylation is 1. The molecule has 3 nitrogen and oxygen atoms in total. The predicted molar refractivity (Wildman–Crippen MR) is 96.7 cm³/mol. The summed E-state index contributed by atoms with van der Waals surface area (Å²) in [6.45, 7) is 0.227. The number of halogens is 3. The molecule has 0 N–H and O–H groups in total. The summed E-state index contributed by atoms with van der Waals surface area (Å²) < 4.78 is 28.8. The van der Waals surface area contributed by atoms with Crippen molar-refractivity contribution in [1.82, 2.24) is 4.57 Å². The Hall–Kier alpha value is -2.79. The molecule has 0 saturated carbocycles. The van der Waals surface area contributed by atoms with Crippen LogP contribution in [-0.2, 0) is 13.6 Å². The average Bonchev–Trinajstić information content (AvgIpc) is 2.73. The van der Waals surface area contributed by atoms with E-state index in [-0.39, 0.29) is 17.1 Å². The molecule has 129 valence electrons. The summed E-state index contributed by atoms with van der Waals surface area (Å²) in [5.74, 6) is -1.00. The van der Waals surface area contributed by atoms with Crippen LogP contribution >= 0.6 is 11.6 Å². The van der Waals surface area contributed by atoms with E-state index in [0.717, 1.165) is 11.1 Å². The van der Waals surface area contributed by atoms with Gasteiger partial charge in [-0.2, -0.15) is 0 Å². The first kappa shape index (κ1) is 16.7. The van der Waals surface area contributed by atoms with Gasteiger partial charge in [0.2, 0.25) is 0 Å². The summed E-state index contributed by atoms with van der Waals surface area (Å²) in [7, 11) is 1.65. The fraction of sp³-hybridized carbons (Fsp3) is 0.100. The van der Waals surface area contributed by atoms with Crippen LogP contribution in [-0.4, -0.2) is 10.3 Å². The molecule has 4 rings (SSSR count). The van der Waals surface area contributed by atoms with Gasteiger partial charge in [-0.15, -0.1) is 0 Å². The topological polar surface area (TPSA) is 34.4 Å². The minimum absolute atomic E-state index is 0.158. The third-order valence-electron chi connectivity index (χ3n) is 4.37. The third-order valence-corrected chi connectivity index (χ3v) is 4.68. The fourth-order valence-electron chi connectivity index (χ4n) is 3.09. The van der Waals surface area contributed by atoms with E-state index < -0.39 is 11.6 Å². The summed E-state index contributed by atoms with van der Waals surface area (Å²) >= 11 is 6.21. The molecule has 0 unspecified atom stereocenters. The van der Waals surface area contributed by atoms with E-state index in [1.54, 1.807) is 13.2 Å². The molecule has 2 aromatic carbocycles. The van der Waals surface area contributed by atoms with Crippen molar-refractivity contribution in [3.63, 3.8) is 0 Å². The van der Waals surface area contributed by atoms with Gasteiger partial charge in [-0.1, -0.05) is 11.6 Å². The number of benzene rings is 2. The molecule has 0 bridgehead atoms. The second kappa shape index (κ2) is 6.18. The summed E-state index contributed by atoms with van der Waals surface area (Å²) in [6, 6.07) is 10.9. The third kappa shape index (κ3) is 2.74. The molecule has 3 aromatic rings. The molecule has 1 radical (unpaired) electrons. The van der Waals surface area contributed by atoms with Crippen LogP contribution in [0.15, 0.2) is 52.4 Å². The lowest BCUT2D eigenvalue weighted by Crippen LogP contribution is -2.16. The smallest absolute Gasteiger partial charge is 0.250 e. The predicted octanol–water partition coefficient (Wildman–Crippen LogP) is 4.14. The minimum Gasteiger partial charge on any atom is -0.318 e. The number of aliphatic imine (C=N–C) groups is 1. The van der Waals surface area contributed by atoms with E-state index in [2.05, 4.69) is 11.1 Å². The maximum Gasteiger partial charge on any atom is 0.250 e. The number of pyridine rings is 1. The largest absolute Gasteiger partial charge is 0.318 e. The highest BCUT2D eigenvalue weighted by Gasteiger charge is 2.22.